The maximum absolute atomic E-state index is 11.9. The van der Waals surface area contributed by atoms with Gasteiger partial charge in [-0.15, -0.1) is 0 Å². The molecule has 5 nitrogen and oxygen atoms in total. The van der Waals surface area contributed by atoms with Crippen LogP contribution in [0.15, 0.2) is 24.3 Å². The molecule has 0 bridgehead atoms. The Hall–Kier alpha value is -1.43. The van der Waals surface area contributed by atoms with Crippen LogP contribution in [0.1, 0.15) is 35.2 Å². The molecule has 2 rings (SSSR count). The van der Waals surface area contributed by atoms with E-state index in [-0.39, 0.29) is 12.0 Å². The molecule has 1 aromatic carbocycles. The van der Waals surface area contributed by atoms with Crippen molar-refractivity contribution in [2.45, 2.75) is 31.9 Å². The summed E-state index contributed by atoms with van der Waals surface area (Å²) in [4.78, 5) is 14.3. The number of aliphatic hydroxyl groups excluding tert-OH is 1. The molecule has 1 saturated heterocycles. The second-order valence-corrected chi connectivity index (χ2v) is 5.58. The second-order valence-electron chi connectivity index (χ2n) is 5.58. The molecule has 0 saturated carbocycles. The Kier molecular flexibility index (Phi) is 6.17. The average Bonchev–Trinajstić information content (AvgIpc) is 2.53. The van der Waals surface area contributed by atoms with Gasteiger partial charge in [0.05, 0.1) is 6.10 Å². The van der Waals surface area contributed by atoms with Crippen LogP contribution in [-0.4, -0.2) is 48.2 Å². The number of nitrogens with one attached hydrogen (secondary N) is 1. The number of likely N-dealkylation sites (tertiary alicyclic amines) is 1. The van der Waals surface area contributed by atoms with Crippen LogP contribution in [0.25, 0.3) is 0 Å². The zero-order chi connectivity index (χ0) is 15.1. The van der Waals surface area contributed by atoms with Gasteiger partial charge in [0.2, 0.25) is 0 Å². The summed E-state index contributed by atoms with van der Waals surface area (Å²) >= 11 is 0. The molecule has 0 aliphatic carbocycles. The van der Waals surface area contributed by atoms with Crippen LogP contribution in [0.4, 0.5) is 0 Å². The van der Waals surface area contributed by atoms with Crippen LogP contribution in [0.3, 0.4) is 0 Å². The van der Waals surface area contributed by atoms with Crippen molar-refractivity contribution in [2.24, 2.45) is 5.73 Å². The monoisotopic (exact) mass is 291 g/mol. The highest BCUT2D eigenvalue weighted by Crippen LogP contribution is 2.09. The zero-order valence-corrected chi connectivity index (χ0v) is 12.4. The number of amides is 1. The third-order valence-corrected chi connectivity index (χ3v) is 3.95. The van der Waals surface area contributed by atoms with E-state index in [4.69, 9.17) is 5.73 Å². The number of rotatable bonds is 6. The third-order valence-electron chi connectivity index (χ3n) is 3.95. The first-order chi connectivity index (χ1) is 10.2. The molecule has 116 valence electrons. The summed E-state index contributed by atoms with van der Waals surface area (Å²) in [7, 11) is 0. The van der Waals surface area contributed by atoms with Gasteiger partial charge in [0.25, 0.3) is 5.91 Å². The van der Waals surface area contributed by atoms with E-state index >= 15 is 0 Å². The Morgan fingerprint density at radius 3 is 2.57 bits per heavy atom. The van der Waals surface area contributed by atoms with Crippen molar-refractivity contribution in [3.63, 3.8) is 0 Å². The summed E-state index contributed by atoms with van der Waals surface area (Å²) in [5.41, 5.74) is 7.23. The molecular formula is C16H25N3O2. The number of benzene rings is 1. The van der Waals surface area contributed by atoms with Crippen molar-refractivity contribution in [2.75, 3.05) is 26.2 Å². The second kappa shape index (κ2) is 8.12. The summed E-state index contributed by atoms with van der Waals surface area (Å²) in [5.74, 6) is -0.0346. The molecule has 1 fully saturated rings. The quantitative estimate of drug-likeness (QED) is 0.675. The van der Waals surface area contributed by atoms with E-state index in [1.165, 1.54) is 0 Å². The Morgan fingerprint density at radius 1 is 1.29 bits per heavy atom. The van der Waals surface area contributed by atoms with Gasteiger partial charge in [-0.05, 0) is 43.5 Å². The molecule has 0 spiro atoms. The molecule has 5 heteroatoms. The van der Waals surface area contributed by atoms with Gasteiger partial charge in [0, 0.05) is 31.7 Å². The predicted molar refractivity (Wildman–Crippen MR) is 83.0 cm³/mol. The minimum atomic E-state index is -0.127. The number of aliphatic hydroxyl groups is 1. The fourth-order valence-electron chi connectivity index (χ4n) is 2.54. The maximum atomic E-state index is 11.9. The normalized spacial score (nSPS) is 16.9. The molecule has 1 amide bonds. The molecule has 1 aliphatic heterocycles. The van der Waals surface area contributed by atoms with Crippen molar-refractivity contribution < 1.29 is 9.90 Å². The number of hydrogen-bond acceptors (Lipinski definition) is 4. The van der Waals surface area contributed by atoms with Crippen LogP contribution in [0.2, 0.25) is 0 Å². The largest absolute Gasteiger partial charge is 0.393 e. The highest BCUT2D eigenvalue weighted by Gasteiger charge is 2.16. The van der Waals surface area contributed by atoms with E-state index < -0.39 is 0 Å². The van der Waals surface area contributed by atoms with Gasteiger partial charge >= 0.3 is 0 Å². The molecular weight excluding hydrogens is 266 g/mol. The fraction of sp³-hybridized carbons (Fsp3) is 0.562. The topological polar surface area (TPSA) is 78.6 Å². The standard InChI is InChI=1S/C16H25N3O2/c17-12-13-2-4-14(5-3-13)16(21)18-8-1-9-19-10-6-15(20)7-11-19/h2-5,15,20H,1,6-12,17H2,(H,18,21). The number of nitrogens with two attached hydrogens (primary N) is 1. The van der Waals surface area contributed by atoms with E-state index in [1.807, 2.05) is 24.3 Å². The highest BCUT2D eigenvalue weighted by molar-refractivity contribution is 5.94. The lowest BCUT2D eigenvalue weighted by Gasteiger charge is -2.29. The highest BCUT2D eigenvalue weighted by atomic mass is 16.3. The molecule has 1 heterocycles. The number of hydrogen-bond donors (Lipinski definition) is 3. The molecule has 21 heavy (non-hydrogen) atoms. The van der Waals surface area contributed by atoms with E-state index in [2.05, 4.69) is 10.2 Å². The first-order valence-electron chi connectivity index (χ1n) is 7.66. The van der Waals surface area contributed by atoms with Crippen molar-refractivity contribution in [1.29, 1.82) is 0 Å². The summed E-state index contributed by atoms with van der Waals surface area (Å²) in [6, 6.07) is 7.38. The van der Waals surface area contributed by atoms with Gasteiger partial charge in [0.15, 0.2) is 0 Å². The SMILES string of the molecule is NCc1ccc(C(=O)NCCCN2CCC(O)CC2)cc1. The first-order valence-corrected chi connectivity index (χ1v) is 7.66. The molecule has 0 radical (unpaired) electrons. The summed E-state index contributed by atoms with van der Waals surface area (Å²) in [6.45, 7) is 4.05. The van der Waals surface area contributed by atoms with Gasteiger partial charge in [-0.1, -0.05) is 12.1 Å². The van der Waals surface area contributed by atoms with E-state index in [0.717, 1.165) is 44.5 Å². The molecule has 1 aromatic rings. The van der Waals surface area contributed by atoms with Crippen LogP contribution in [0.5, 0.6) is 0 Å². The van der Waals surface area contributed by atoms with Crippen molar-refractivity contribution in [1.82, 2.24) is 10.2 Å². The Bertz CT molecular complexity index is 439. The minimum absolute atomic E-state index is 0.0346. The van der Waals surface area contributed by atoms with Crippen LogP contribution >= 0.6 is 0 Å². The van der Waals surface area contributed by atoms with E-state index in [0.29, 0.717) is 18.7 Å². The Labute approximate surface area is 126 Å². The minimum Gasteiger partial charge on any atom is -0.393 e. The number of carbonyl (C=O) groups is 1. The number of carbonyl (C=O) groups excluding carboxylic acids is 1. The van der Waals surface area contributed by atoms with Gasteiger partial charge < -0.3 is 21.1 Å². The Morgan fingerprint density at radius 2 is 1.95 bits per heavy atom. The molecule has 0 aromatic heterocycles. The first kappa shape index (κ1) is 15.9. The summed E-state index contributed by atoms with van der Waals surface area (Å²) < 4.78 is 0. The molecule has 1 aliphatic rings. The lowest BCUT2D eigenvalue weighted by atomic mass is 10.1. The van der Waals surface area contributed by atoms with E-state index in [9.17, 15) is 9.90 Å². The lowest BCUT2D eigenvalue weighted by Crippen LogP contribution is -2.37. The average molecular weight is 291 g/mol. The smallest absolute Gasteiger partial charge is 0.251 e. The number of piperidine rings is 1. The predicted octanol–water partition coefficient (Wildman–Crippen LogP) is 0.722. The van der Waals surface area contributed by atoms with Crippen LogP contribution in [0, 0.1) is 0 Å². The zero-order valence-electron chi connectivity index (χ0n) is 12.4. The summed E-state index contributed by atoms with van der Waals surface area (Å²) in [6.07, 6.45) is 2.53. The van der Waals surface area contributed by atoms with Gasteiger partial charge in [-0.25, -0.2) is 0 Å². The lowest BCUT2D eigenvalue weighted by molar-refractivity contribution is 0.0816. The number of nitrogens with zero attached hydrogens (tertiary/aromatic N) is 1. The van der Waals surface area contributed by atoms with Crippen molar-refractivity contribution >= 4 is 5.91 Å². The van der Waals surface area contributed by atoms with Crippen LogP contribution in [-0.2, 0) is 6.54 Å². The van der Waals surface area contributed by atoms with Gasteiger partial charge in [-0.2, -0.15) is 0 Å². The molecule has 0 atom stereocenters. The van der Waals surface area contributed by atoms with Gasteiger partial charge in [0.1, 0.15) is 0 Å². The van der Waals surface area contributed by atoms with E-state index in [1.54, 1.807) is 0 Å². The van der Waals surface area contributed by atoms with Crippen molar-refractivity contribution in [3.8, 4) is 0 Å². The third kappa shape index (κ3) is 5.12. The maximum Gasteiger partial charge on any atom is 0.251 e. The van der Waals surface area contributed by atoms with Gasteiger partial charge in [-0.3, -0.25) is 4.79 Å². The fourth-order valence-corrected chi connectivity index (χ4v) is 2.54. The molecule has 0 unspecified atom stereocenters. The Balaban J connectivity index is 1.64. The summed E-state index contributed by atoms with van der Waals surface area (Å²) in [5, 5.41) is 12.4. The molecule has 4 N–H and O–H groups in total. The van der Waals surface area contributed by atoms with Crippen LogP contribution < -0.4 is 11.1 Å². The van der Waals surface area contributed by atoms with Crippen molar-refractivity contribution in [3.05, 3.63) is 35.4 Å².